The van der Waals surface area contributed by atoms with Crippen LogP contribution in [0.5, 0.6) is 0 Å². The standard InChI is InChI=1S/C22H26Cl2N6O/c1-2-3-4-5-14-26-22(31)30(28-16-18-8-12-20(24)13-9-18)21(25)29-27-15-17-6-10-19(23)11-7-17/h6-13,15-16H,2-5,14H2,1H3,(H2,25,29)(H,26,31). The zero-order chi connectivity index (χ0) is 22.5. The van der Waals surface area contributed by atoms with Crippen molar-refractivity contribution in [2.75, 3.05) is 6.54 Å². The number of nitrogens with two attached hydrogens (primary N) is 1. The zero-order valence-corrected chi connectivity index (χ0v) is 18.9. The van der Waals surface area contributed by atoms with Crippen LogP contribution in [0.1, 0.15) is 43.7 Å². The topological polar surface area (TPSA) is 95.4 Å². The fourth-order valence-corrected chi connectivity index (χ4v) is 2.71. The molecule has 2 aromatic carbocycles. The maximum atomic E-state index is 12.6. The van der Waals surface area contributed by atoms with E-state index in [1.807, 2.05) is 0 Å². The minimum Gasteiger partial charge on any atom is -0.366 e. The zero-order valence-electron chi connectivity index (χ0n) is 17.3. The lowest BCUT2D eigenvalue weighted by molar-refractivity contribution is 0.221. The maximum Gasteiger partial charge on any atom is 0.345 e. The molecule has 0 saturated heterocycles. The Bertz CT molecular complexity index is 911. The van der Waals surface area contributed by atoms with Crippen molar-refractivity contribution in [1.82, 2.24) is 10.3 Å². The molecule has 0 saturated carbocycles. The van der Waals surface area contributed by atoms with Crippen LogP contribution in [0.2, 0.25) is 10.0 Å². The number of carbonyl (C=O) groups excluding carboxylic acids is 1. The number of hydrogen-bond acceptors (Lipinski definition) is 4. The lowest BCUT2D eigenvalue weighted by atomic mass is 10.2. The van der Waals surface area contributed by atoms with Gasteiger partial charge in [-0.05, 0) is 41.8 Å². The van der Waals surface area contributed by atoms with Crippen LogP contribution in [0, 0.1) is 0 Å². The van der Waals surface area contributed by atoms with Gasteiger partial charge in [0, 0.05) is 16.6 Å². The van der Waals surface area contributed by atoms with Crippen LogP contribution in [-0.4, -0.2) is 36.0 Å². The Kier molecular flexibility index (Phi) is 10.5. The average Bonchev–Trinajstić information content (AvgIpc) is 2.76. The van der Waals surface area contributed by atoms with Crippen LogP contribution >= 0.6 is 23.2 Å². The molecule has 0 atom stereocenters. The van der Waals surface area contributed by atoms with Crippen molar-refractivity contribution in [2.24, 2.45) is 21.0 Å². The Morgan fingerprint density at radius 2 is 1.55 bits per heavy atom. The first-order valence-corrected chi connectivity index (χ1v) is 10.7. The van der Waals surface area contributed by atoms with Crippen molar-refractivity contribution in [1.29, 1.82) is 0 Å². The number of amides is 2. The first-order valence-electron chi connectivity index (χ1n) is 9.99. The van der Waals surface area contributed by atoms with Crippen molar-refractivity contribution >= 4 is 47.6 Å². The molecule has 0 aliphatic rings. The van der Waals surface area contributed by atoms with Crippen molar-refractivity contribution in [3.05, 3.63) is 69.7 Å². The molecule has 0 fully saturated rings. The highest BCUT2D eigenvalue weighted by atomic mass is 35.5. The van der Waals surface area contributed by atoms with E-state index < -0.39 is 6.03 Å². The minimum atomic E-state index is -0.482. The van der Waals surface area contributed by atoms with Gasteiger partial charge in [0.2, 0.25) is 5.96 Å². The number of hydrazone groups is 1. The summed E-state index contributed by atoms with van der Waals surface area (Å²) in [7, 11) is 0. The Morgan fingerprint density at radius 1 is 0.968 bits per heavy atom. The normalized spacial score (nSPS) is 11.9. The summed E-state index contributed by atoms with van der Waals surface area (Å²) in [6.45, 7) is 2.65. The van der Waals surface area contributed by atoms with Gasteiger partial charge in [0.05, 0.1) is 12.4 Å². The lowest BCUT2D eigenvalue weighted by Crippen LogP contribution is -2.44. The molecular formula is C22H26Cl2N6O. The predicted molar refractivity (Wildman–Crippen MR) is 129 cm³/mol. The molecular weight excluding hydrogens is 435 g/mol. The minimum absolute atomic E-state index is 0.165. The molecule has 164 valence electrons. The molecule has 0 aliphatic heterocycles. The van der Waals surface area contributed by atoms with Crippen LogP contribution in [0.4, 0.5) is 4.79 Å². The van der Waals surface area contributed by atoms with Gasteiger partial charge < -0.3 is 11.1 Å². The second-order valence-corrected chi connectivity index (χ2v) is 7.53. The quantitative estimate of drug-likeness (QED) is 0.230. The Hall–Kier alpha value is -2.90. The fraction of sp³-hybridized carbons (Fsp3) is 0.273. The van der Waals surface area contributed by atoms with Gasteiger partial charge in [-0.1, -0.05) is 73.7 Å². The van der Waals surface area contributed by atoms with Gasteiger partial charge in [-0.15, -0.1) is 10.1 Å². The summed E-state index contributed by atoms with van der Waals surface area (Å²) in [5.74, 6) is -0.165. The van der Waals surface area contributed by atoms with Crippen molar-refractivity contribution < 1.29 is 4.79 Å². The van der Waals surface area contributed by atoms with Crippen LogP contribution in [0.15, 0.2) is 63.8 Å². The highest BCUT2D eigenvalue weighted by Crippen LogP contribution is 2.09. The second kappa shape index (κ2) is 13.4. The van der Waals surface area contributed by atoms with Crippen molar-refractivity contribution in [2.45, 2.75) is 32.6 Å². The number of halogens is 2. The number of benzene rings is 2. The summed E-state index contributed by atoms with van der Waals surface area (Å²) in [6, 6.07) is 13.6. The highest BCUT2D eigenvalue weighted by molar-refractivity contribution is 6.30. The molecule has 7 nitrogen and oxygen atoms in total. The van der Waals surface area contributed by atoms with Gasteiger partial charge in [0.15, 0.2) is 0 Å². The highest BCUT2D eigenvalue weighted by Gasteiger charge is 2.16. The Labute approximate surface area is 192 Å². The number of nitrogens with zero attached hydrogens (tertiary/aromatic N) is 4. The summed E-state index contributed by atoms with van der Waals surface area (Å²) < 4.78 is 0. The van der Waals surface area contributed by atoms with Crippen molar-refractivity contribution in [3.8, 4) is 0 Å². The van der Waals surface area contributed by atoms with Gasteiger partial charge in [-0.2, -0.15) is 10.2 Å². The number of urea groups is 1. The first-order chi connectivity index (χ1) is 15.0. The fourth-order valence-electron chi connectivity index (χ4n) is 2.46. The summed E-state index contributed by atoms with van der Waals surface area (Å²) in [6.07, 6.45) is 7.17. The predicted octanol–water partition coefficient (Wildman–Crippen LogP) is 5.27. The number of rotatable bonds is 9. The Balaban J connectivity index is 2.11. The molecule has 9 heteroatoms. The molecule has 2 amide bonds. The van der Waals surface area contributed by atoms with Gasteiger partial charge >= 0.3 is 6.03 Å². The smallest absolute Gasteiger partial charge is 0.345 e. The monoisotopic (exact) mass is 460 g/mol. The molecule has 0 aliphatic carbocycles. The third-order valence-corrected chi connectivity index (χ3v) is 4.65. The maximum absolute atomic E-state index is 12.6. The molecule has 3 N–H and O–H groups in total. The van der Waals surface area contributed by atoms with E-state index in [9.17, 15) is 4.79 Å². The van der Waals surface area contributed by atoms with E-state index in [4.69, 9.17) is 28.9 Å². The summed E-state index contributed by atoms with van der Waals surface area (Å²) in [4.78, 5) is 12.6. The van der Waals surface area contributed by atoms with E-state index in [0.29, 0.717) is 16.6 Å². The molecule has 0 radical (unpaired) electrons. The number of unbranched alkanes of at least 4 members (excludes halogenated alkanes) is 3. The molecule has 0 bridgehead atoms. The number of carbonyl (C=O) groups is 1. The van der Waals surface area contributed by atoms with E-state index in [0.717, 1.165) is 41.8 Å². The van der Waals surface area contributed by atoms with Gasteiger partial charge in [-0.3, -0.25) is 0 Å². The van der Waals surface area contributed by atoms with Gasteiger partial charge in [-0.25, -0.2) is 4.79 Å². The van der Waals surface area contributed by atoms with E-state index in [2.05, 4.69) is 27.5 Å². The average molecular weight is 461 g/mol. The van der Waals surface area contributed by atoms with Crippen molar-refractivity contribution in [3.63, 3.8) is 0 Å². The first kappa shape index (κ1) is 24.4. The number of hydrogen-bond donors (Lipinski definition) is 2. The summed E-state index contributed by atoms with van der Waals surface area (Å²) in [5.41, 5.74) is 7.53. The van der Waals surface area contributed by atoms with Gasteiger partial charge in [0.25, 0.3) is 0 Å². The van der Waals surface area contributed by atoms with Crippen LogP contribution in [0.25, 0.3) is 0 Å². The molecule has 2 rings (SSSR count). The molecule has 0 aromatic heterocycles. The van der Waals surface area contributed by atoms with Crippen LogP contribution < -0.4 is 11.1 Å². The summed E-state index contributed by atoms with van der Waals surface area (Å²) in [5, 5.41) is 17.1. The SMILES string of the molecule is CCCCCCNC(=O)N(N=Cc1ccc(Cl)cc1)/C(N)=N/N=Cc1ccc(Cl)cc1. The van der Waals surface area contributed by atoms with Gasteiger partial charge in [0.1, 0.15) is 0 Å². The van der Waals surface area contributed by atoms with Crippen LogP contribution in [-0.2, 0) is 0 Å². The van der Waals surface area contributed by atoms with E-state index in [1.165, 1.54) is 12.4 Å². The van der Waals surface area contributed by atoms with E-state index in [-0.39, 0.29) is 5.96 Å². The van der Waals surface area contributed by atoms with E-state index in [1.54, 1.807) is 48.5 Å². The molecule has 31 heavy (non-hydrogen) atoms. The second-order valence-electron chi connectivity index (χ2n) is 6.65. The molecule has 0 spiro atoms. The largest absolute Gasteiger partial charge is 0.366 e. The molecule has 0 unspecified atom stereocenters. The molecule has 2 aromatic rings. The molecule has 0 heterocycles. The number of nitrogens with one attached hydrogen (secondary N) is 1. The van der Waals surface area contributed by atoms with E-state index >= 15 is 0 Å². The lowest BCUT2D eigenvalue weighted by Gasteiger charge is -2.16. The third kappa shape index (κ3) is 9.19. The van der Waals surface area contributed by atoms with Crippen LogP contribution in [0.3, 0.4) is 0 Å². The number of guanidine groups is 1. The Morgan fingerprint density at radius 3 is 2.13 bits per heavy atom. The third-order valence-electron chi connectivity index (χ3n) is 4.15. The summed E-state index contributed by atoms with van der Waals surface area (Å²) >= 11 is 11.8.